The molecule has 23 heavy (non-hydrogen) atoms. The molecule has 1 atom stereocenters. The highest BCUT2D eigenvalue weighted by Crippen LogP contribution is 2.18. The van der Waals surface area contributed by atoms with Crippen LogP contribution in [0.15, 0.2) is 30.5 Å². The number of carbonyl (C=O) groups is 1. The Bertz CT molecular complexity index is 665. The molecule has 2 aromatic rings. The number of rotatable bonds is 7. The third kappa shape index (κ3) is 4.59. The van der Waals surface area contributed by atoms with Gasteiger partial charge in [0, 0.05) is 12.6 Å². The molecule has 7 heteroatoms. The molecule has 122 valence electrons. The Labute approximate surface area is 134 Å². The first kappa shape index (κ1) is 15.6. The van der Waals surface area contributed by atoms with Gasteiger partial charge in [0.25, 0.3) is 0 Å². The summed E-state index contributed by atoms with van der Waals surface area (Å²) in [5.74, 6) is -0.448. The Morgan fingerprint density at radius 2 is 2.13 bits per heavy atom. The molecule has 2 N–H and O–H groups in total. The standard InChI is InChI=1S/C16H20FN5O/c1-11(12-2-4-13(17)5-3-12)19-16(23)10-22-9-15(20-21-22)8-18-14-6-7-14/h2-5,9,11,14,18H,6-8,10H2,1H3,(H,19,23). The molecule has 1 aromatic carbocycles. The number of benzene rings is 1. The van der Waals surface area contributed by atoms with Crippen LogP contribution in [0.2, 0.25) is 0 Å². The second kappa shape index (κ2) is 6.87. The summed E-state index contributed by atoms with van der Waals surface area (Å²) in [5.41, 5.74) is 1.68. The maximum atomic E-state index is 12.9. The van der Waals surface area contributed by atoms with Crippen LogP contribution in [-0.4, -0.2) is 26.9 Å². The van der Waals surface area contributed by atoms with Crippen LogP contribution in [0, 0.1) is 5.82 Å². The van der Waals surface area contributed by atoms with Crippen molar-refractivity contribution in [2.24, 2.45) is 0 Å². The summed E-state index contributed by atoms with van der Waals surface area (Å²) < 4.78 is 14.4. The molecule has 0 bridgehead atoms. The van der Waals surface area contributed by atoms with E-state index in [9.17, 15) is 9.18 Å². The fourth-order valence-corrected chi connectivity index (χ4v) is 2.30. The first-order valence-corrected chi connectivity index (χ1v) is 7.77. The van der Waals surface area contributed by atoms with Crippen molar-refractivity contribution in [1.82, 2.24) is 25.6 Å². The van der Waals surface area contributed by atoms with Gasteiger partial charge in [0.2, 0.25) is 5.91 Å². The minimum atomic E-state index is -0.290. The fraction of sp³-hybridized carbons (Fsp3) is 0.438. The number of amides is 1. The van der Waals surface area contributed by atoms with Crippen molar-refractivity contribution in [3.8, 4) is 0 Å². The zero-order valence-corrected chi connectivity index (χ0v) is 13.0. The molecular weight excluding hydrogens is 297 g/mol. The molecule has 1 heterocycles. The molecule has 6 nitrogen and oxygen atoms in total. The summed E-state index contributed by atoms with van der Waals surface area (Å²) in [6.07, 6.45) is 4.22. The van der Waals surface area contributed by atoms with Gasteiger partial charge in [-0.3, -0.25) is 4.79 Å². The number of nitrogens with one attached hydrogen (secondary N) is 2. The monoisotopic (exact) mass is 317 g/mol. The normalized spacial score (nSPS) is 15.4. The van der Waals surface area contributed by atoms with Crippen molar-refractivity contribution in [2.45, 2.75) is 44.9 Å². The predicted molar refractivity (Wildman–Crippen MR) is 82.8 cm³/mol. The number of hydrogen-bond acceptors (Lipinski definition) is 4. The van der Waals surface area contributed by atoms with Gasteiger partial charge in [-0.2, -0.15) is 0 Å². The summed E-state index contributed by atoms with van der Waals surface area (Å²) in [6, 6.07) is 6.51. The highest BCUT2D eigenvalue weighted by molar-refractivity contribution is 5.76. The smallest absolute Gasteiger partial charge is 0.242 e. The molecule has 1 aliphatic carbocycles. The number of aromatic nitrogens is 3. The van der Waals surface area contributed by atoms with Gasteiger partial charge < -0.3 is 10.6 Å². The van der Waals surface area contributed by atoms with Crippen LogP contribution in [0.3, 0.4) is 0 Å². The van der Waals surface area contributed by atoms with Crippen LogP contribution in [0.1, 0.15) is 37.1 Å². The Hall–Kier alpha value is -2.28. The van der Waals surface area contributed by atoms with E-state index in [4.69, 9.17) is 0 Å². The van der Waals surface area contributed by atoms with Crippen molar-refractivity contribution < 1.29 is 9.18 Å². The van der Waals surface area contributed by atoms with E-state index in [1.165, 1.54) is 29.7 Å². The highest BCUT2D eigenvalue weighted by atomic mass is 19.1. The van der Waals surface area contributed by atoms with Gasteiger partial charge in [-0.25, -0.2) is 9.07 Å². The van der Waals surface area contributed by atoms with E-state index in [1.807, 2.05) is 6.92 Å². The van der Waals surface area contributed by atoms with Gasteiger partial charge in [-0.1, -0.05) is 17.3 Å². The summed E-state index contributed by atoms with van der Waals surface area (Å²) in [4.78, 5) is 12.1. The van der Waals surface area contributed by atoms with Crippen LogP contribution < -0.4 is 10.6 Å². The summed E-state index contributed by atoms with van der Waals surface area (Å²) in [6.45, 7) is 2.65. The first-order valence-electron chi connectivity index (χ1n) is 7.77. The van der Waals surface area contributed by atoms with E-state index in [0.29, 0.717) is 12.6 Å². The van der Waals surface area contributed by atoms with Crippen LogP contribution in [-0.2, 0) is 17.9 Å². The van der Waals surface area contributed by atoms with Gasteiger partial charge in [-0.05, 0) is 37.5 Å². The van der Waals surface area contributed by atoms with Crippen molar-refractivity contribution in [3.63, 3.8) is 0 Å². The number of halogens is 1. The average molecular weight is 317 g/mol. The lowest BCUT2D eigenvalue weighted by atomic mass is 10.1. The van der Waals surface area contributed by atoms with Gasteiger partial charge in [0.15, 0.2) is 0 Å². The zero-order chi connectivity index (χ0) is 16.2. The topological polar surface area (TPSA) is 71.8 Å². The highest BCUT2D eigenvalue weighted by Gasteiger charge is 2.20. The molecule has 0 spiro atoms. The number of carbonyl (C=O) groups excluding carboxylic acids is 1. The number of nitrogens with zero attached hydrogens (tertiary/aromatic N) is 3. The molecule has 1 saturated carbocycles. The van der Waals surface area contributed by atoms with E-state index in [2.05, 4.69) is 20.9 Å². The molecule has 1 fully saturated rings. The molecule has 0 radical (unpaired) electrons. The number of hydrogen-bond donors (Lipinski definition) is 2. The average Bonchev–Trinajstić information content (AvgIpc) is 3.25. The fourth-order valence-electron chi connectivity index (χ4n) is 2.30. The maximum Gasteiger partial charge on any atom is 0.242 e. The molecule has 1 unspecified atom stereocenters. The summed E-state index contributed by atoms with van der Waals surface area (Å²) in [7, 11) is 0. The minimum Gasteiger partial charge on any atom is -0.348 e. The van der Waals surface area contributed by atoms with E-state index in [0.717, 1.165) is 11.3 Å². The molecule has 1 amide bonds. The third-order valence-electron chi connectivity index (χ3n) is 3.79. The molecular formula is C16H20FN5O. The second-order valence-corrected chi connectivity index (χ2v) is 5.90. The van der Waals surface area contributed by atoms with Crippen molar-refractivity contribution in [1.29, 1.82) is 0 Å². The van der Waals surface area contributed by atoms with E-state index >= 15 is 0 Å². The second-order valence-electron chi connectivity index (χ2n) is 5.90. The lowest BCUT2D eigenvalue weighted by Gasteiger charge is -2.14. The predicted octanol–water partition coefficient (Wildman–Crippen LogP) is 1.55. The van der Waals surface area contributed by atoms with Gasteiger partial charge in [-0.15, -0.1) is 5.10 Å². The van der Waals surface area contributed by atoms with Crippen molar-refractivity contribution >= 4 is 5.91 Å². The van der Waals surface area contributed by atoms with Crippen LogP contribution in [0.25, 0.3) is 0 Å². The minimum absolute atomic E-state index is 0.113. The summed E-state index contributed by atoms with van der Waals surface area (Å²) >= 11 is 0. The van der Waals surface area contributed by atoms with E-state index < -0.39 is 0 Å². The Morgan fingerprint density at radius 1 is 1.39 bits per heavy atom. The molecule has 0 saturated heterocycles. The van der Waals surface area contributed by atoms with Crippen LogP contribution in [0.4, 0.5) is 4.39 Å². The largest absolute Gasteiger partial charge is 0.348 e. The third-order valence-corrected chi connectivity index (χ3v) is 3.79. The lowest BCUT2D eigenvalue weighted by molar-refractivity contribution is -0.122. The van der Waals surface area contributed by atoms with Crippen LogP contribution >= 0.6 is 0 Å². The summed E-state index contributed by atoms with van der Waals surface area (Å²) in [5, 5.41) is 14.2. The lowest BCUT2D eigenvalue weighted by Crippen LogP contribution is -2.30. The SMILES string of the molecule is CC(NC(=O)Cn1cc(CNC2CC2)nn1)c1ccc(F)cc1. The Kier molecular flexibility index (Phi) is 4.66. The Morgan fingerprint density at radius 3 is 2.83 bits per heavy atom. The Balaban J connectivity index is 1.49. The van der Waals surface area contributed by atoms with Crippen LogP contribution in [0.5, 0.6) is 0 Å². The quantitative estimate of drug-likeness (QED) is 0.813. The molecule has 0 aliphatic heterocycles. The van der Waals surface area contributed by atoms with Crippen molar-refractivity contribution in [3.05, 3.63) is 47.5 Å². The van der Waals surface area contributed by atoms with Gasteiger partial charge >= 0.3 is 0 Å². The molecule has 3 rings (SSSR count). The van der Waals surface area contributed by atoms with Crippen molar-refractivity contribution in [2.75, 3.05) is 0 Å². The molecule has 1 aromatic heterocycles. The maximum absolute atomic E-state index is 12.9. The van der Waals surface area contributed by atoms with Gasteiger partial charge in [0.05, 0.1) is 17.9 Å². The molecule has 1 aliphatic rings. The van der Waals surface area contributed by atoms with E-state index in [1.54, 1.807) is 18.3 Å². The van der Waals surface area contributed by atoms with E-state index in [-0.39, 0.29) is 24.3 Å². The first-order chi connectivity index (χ1) is 11.1. The zero-order valence-electron chi connectivity index (χ0n) is 13.0. The van der Waals surface area contributed by atoms with Gasteiger partial charge in [0.1, 0.15) is 12.4 Å².